The first-order valence-electron chi connectivity index (χ1n) is 4.90. The Morgan fingerprint density at radius 3 is 2.81 bits per heavy atom. The van der Waals surface area contributed by atoms with Crippen molar-refractivity contribution < 1.29 is 4.74 Å². The Morgan fingerprint density at radius 1 is 1.38 bits per heavy atom. The molecule has 0 saturated carbocycles. The van der Waals surface area contributed by atoms with Gasteiger partial charge >= 0.3 is 0 Å². The van der Waals surface area contributed by atoms with E-state index in [-0.39, 0.29) is 0 Å². The Morgan fingerprint density at radius 2 is 2.19 bits per heavy atom. The van der Waals surface area contributed by atoms with Crippen molar-refractivity contribution in [3.63, 3.8) is 0 Å². The summed E-state index contributed by atoms with van der Waals surface area (Å²) in [5.74, 6) is 1.25. The number of benzene rings is 1. The summed E-state index contributed by atoms with van der Waals surface area (Å²) in [5, 5.41) is 8.19. The molecule has 1 aromatic carbocycles. The Bertz CT molecular complexity index is 471. The molecule has 1 heterocycles. The Balaban J connectivity index is 2.33. The molecule has 5 heteroatoms. The molecule has 0 amide bonds. The second kappa shape index (κ2) is 4.93. The molecule has 1 aromatic heterocycles. The van der Waals surface area contributed by atoms with Gasteiger partial charge in [0.25, 0.3) is 5.19 Å². The molecule has 0 spiro atoms. The maximum Gasteiger partial charge on any atom is 0.299 e. The minimum absolute atomic E-state index is 0.403. The average Bonchev–Trinajstić information content (AvgIpc) is 2.73. The molecule has 0 unspecified atom stereocenters. The van der Waals surface area contributed by atoms with E-state index in [1.807, 2.05) is 12.1 Å². The van der Waals surface area contributed by atoms with Crippen LogP contribution in [0.1, 0.15) is 25.3 Å². The molecule has 16 heavy (non-hydrogen) atoms. The van der Waals surface area contributed by atoms with Gasteiger partial charge in [-0.3, -0.25) is 0 Å². The van der Waals surface area contributed by atoms with Gasteiger partial charge in [-0.15, -0.1) is 5.10 Å². The zero-order chi connectivity index (χ0) is 11.5. The van der Waals surface area contributed by atoms with E-state index in [0.29, 0.717) is 11.1 Å². The van der Waals surface area contributed by atoms with Crippen LogP contribution in [0.15, 0.2) is 28.2 Å². The fourth-order valence-electron chi connectivity index (χ4n) is 1.36. The van der Waals surface area contributed by atoms with Crippen LogP contribution in [0.5, 0.6) is 10.9 Å². The van der Waals surface area contributed by atoms with Crippen LogP contribution in [-0.2, 0) is 0 Å². The summed E-state index contributed by atoms with van der Waals surface area (Å²) in [6.07, 6.45) is 0. The number of ether oxygens (including phenoxy) is 1. The van der Waals surface area contributed by atoms with Crippen molar-refractivity contribution in [3.05, 3.63) is 33.7 Å². The van der Waals surface area contributed by atoms with Crippen LogP contribution in [0.25, 0.3) is 0 Å². The van der Waals surface area contributed by atoms with Crippen molar-refractivity contribution >= 4 is 27.3 Å². The third-order valence-corrected chi connectivity index (χ3v) is 3.19. The van der Waals surface area contributed by atoms with Crippen molar-refractivity contribution in [2.24, 2.45) is 0 Å². The highest BCUT2D eigenvalue weighted by molar-refractivity contribution is 9.10. The first-order chi connectivity index (χ1) is 7.66. The molecule has 0 fully saturated rings. The lowest BCUT2D eigenvalue weighted by molar-refractivity contribution is 0.464. The fourth-order valence-corrected chi connectivity index (χ4v) is 2.16. The van der Waals surface area contributed by atoms with E-state index in [2.05, 4.69) is 46.0 Å². The number of hydrogen-bond donors (Lipinski definition) is 0. The van der Waals surface area contributed by atoms with Gasteiger partial charge in [0, 0.05) is 4.47 Å². The smallest absolute Gasteiger partial charge is 0.299 e. The molecule has 84 valence electrons. The van der Waals surface area contributed by atoms with Crippen LogP contribution in [-0.4, -0.2) is 10.2 Å². The summed E-state index contributed by atoms with van der Waals surface area (Å²) in [5.41, 5.74) is 2.81. The summed E-state index contributed by atoms with van der Waals surface area (Å²) in [4.78, 5) is 0. The number of rotatable bonds is 3. The molecule has 2 aromatic rings. The van der Waals surface area contributed by atoms with Gasteiger partial charge in [-0.1, -0.05) is 46.2 Å². The molecule has 2 rings (SSSR count). The zero-order valence-electron chi connectivity index (χ0n) is 8.98. The molecular formula is C11H11BrN2OS. The minimum Gasteiger partial charge on any atom is -0.430 e. The highest BCUT2D eigenvalue weighted by atomic mass is 79.9. The van der Waals surface area contributed by atoms with Gasteiger partial charge in [-0.05, 0) is 29.7 Å². The van der Waals surface area contributed by atoms with Gasteiger partial charge in [0.05, 0.1) is 0 Å². The molecule has 0 aliphatic carbocycles. The molecule has 0 bridgehead atoms. The van der Waals surface area contributed by atoms with Crippen LogP contribution < -0.4 is 4.74 Å². The van der Waals surface area contributed by atoms with Crippen molar-refractivity contribution in [1.29, 1.82) is 0 Å². The normalized spacial score (nSPS) is 10.8. The number of halogens is 1. The average molecular weight is 299 g/mol. The predicted molar refractivity (Wildman–Crippen MR) is 68.2 cm³/mol. The molecule has 0 aliphatic rings. The standard InChI is InChI=1S/C11H11BrN2OS/c1-7(2)9-5-8(12)3-4-10(9)15-11-14-13-6-16-11/h3-7H,1-2H3. The highest BCUT2D eigenvalue weighted by Crippen LogP contribution is 2.33. The summed E-state index contributed by atoms with van der Waals surface area (Å²) in [6.45, 7) is 4.27. The van der Waals surface area contributed by atoms with Gasteiger partial charge in [0.15, 0.2) is 0 Å². The van der Waals surface area contributed by atoms with Crippen LogP contribution >= 0.6 is 27.3 Å². The summed E-state index contributed by atoms with van der Waals surface area (Å²) < 4.78 is 6.75. The summed E-state index contributed by atoms with van der Waals surface area (Å²) >= 11 is 4.85. The SMILES string of the molecule is CC(C)c1cc(Br)ccc1Oc1nncs1. The van der Waals surface area contributed by atoms with Gasteiger partial charge in [-0.25, -0.2) is 0 Å². The van der Waals surface area contributed by atoms with Crippen molar-refractivity contribution in [2.45, 2.75) is 19.8 Å². The van der Waals surface area contributed by atoms with Gasteiger partial charge in [-0.2, -0.15) is 0 Å². The van der Waals surface area contributed by atoms with E-state index < -0.39 is 0 Å². The van der Waals surface area contributed by atoms with E-state index in [1.54, 1.807) is 5.51 Å². The number of aromatic nitrogens is 2. The second-order valence-corrected chi connectivity index (χ2v) is 5.35. The fraction of sp³-hybridized carbons (Fsp3) is 0.273. The third kappa shape index (κ3) is 2.59. The molecule has 0 atom stereocenters. The minimum atomic E-state index is 0.403. The Hall–Kier alpha value is -0.940. The number of nitrogens with zero attached hydrogens (tertiary/aromatic N) is 2. The first-order valence-corrected chi connectivity index (χ1v) is 6.57. The maximum absolute atomic E-state index is 5.69. The van der Waals surface area contributed by atoms with Gasteiger partial charge < -0.3 is 4.74 Å². The molecule has 0 radical (unpaired) electrons. The molecule has 0 aliphatic heterocycles. The van der Waals surface area contributed by atoms with Crippen molar-refractivity contribution in [2.75, 3.05) is 0 Å². The Kier molecular flexibility index (Phi) is 3.56. The lowest BCUT2D eigenvalue weighted by Gasteiger charge is -2.12. The van der Waals surface area contributed by atoms with E-state index in [1.165, 1.54) is 11.3 Å². The summed E-state index contributed by atoms with van der Waals surface area (Å²) in [6, 6.07) is 5.98. The quantitative estimate of drug-likeness (QED) is 0.851. The zero-order valence-corrected chi connectivity index (χ0v) is 11.4. The lowest BCUT2D eigenvalue weighted by atomic mass is 10.0. The third-order valence-electron chi connectivity index (χ3n) is 2.13. The van der Waals surface area contributed by atoms with Crippen LogP contribution in [0, 0.1) is 0 Å². The van der Waals surface area contributed by atoms with Crippen LogP contribution in [0.2, 0.25) is 0 Å². The Labute approximate surface area is 107 Å². The largest absolute Gasteiger partial charge is 0.430 e. The lowest BCUT2D eigenvalue weighted by Crippen LogP contribution is -1.93. The number of hydrogen-bond acceptors (Lipinski definition) is 4. The molecule has 0 saturated heterocycles. The maximum atomic E-state index is 5.69. The van der Waals surface area contributed by atoms with Crippen LogP contribution in [0.4, 0.5) is 0 Å². The molecular weight excluding hydrogens is 288 g/mol. The monoisotopic (exact) mass is 298 g/mol. The van der Waals surface area contributed by atoms with Gasteiger partial charge in [0.2, 0.25) is 0 Å². The topological polar surface area (TPSA) is 35.0 Å². The van der Waals surface area contributed by atoms with Crippen molar-refractivity contribution in [1.82, 2.24) is 10.2 Å². The van der Waals surface area contributed by atoms with E-state index >= 15 is 0 Å². The highest BCUT2D eigenvalue weighted by Gasteiger charge is 2.10. The first kappa shape index (κ1) is 11.5. The molecule has 0 N–H and O–H groups in total. The van der Waals surface area contributed by atoms with E-state index in [4.69, 9.17) is 4.74 Å². The predicted octanol–water partition coefficient (Wildman–Crippen LogP) is 4.22. The summed E-state index contributed by atoms with van der Waals surface area (Å²) in [7, 11) is 0. The van der Waals surface area contributed by atoms with Crippen LogP contribution in [0.3, 0.4) is 0 Å². The van der Waals surface area contributed by atoms with E-state index in [9.17, 15) is 0 Å². The second-order valence-electron chi connectivity index (χ2n) is 3.64. The van der Waals surface area contributed by atoms with Gasteiger partial charge in [0.1, 0.15) is 11.3 Å². The van der Waals surface area contributed by atoms with Crippen molar-refractivity contribution in [3.8, 4) is 10.9 Å². The molecule has 3 nitrogen and oxygen atoms in total. The van der Waals surface area contributed by atoms with E-state index in [0.717, 1.165) is 15.8 Å².